The maximum atomic E-state index is 5.81. The predicted molar refractivity (Wildman–Crippen MR) is 79.3 cm³/mol. The van der Waals surface area contributed by atoms with Crippen molar-refractivity contribution in [3.05, 3.63) is 65.2 Å². The molecule has 19 heavy (non-hydrogen) atoms. The van der Waals surface area contributed by atoms with E-state index < -0.39 is 0 Å². The first-order chi connectivity index (χ1) is 9.13. The molecule has 1 unspecified atom stereocenters. The van der Waals surface area contributed by atoms with Crippen LogP contribution in [0.2, 0.25) is 0 Å². The van der Waals surface area contributed by atoms with Crippen LogP contribution in [0.4, 0.5) is 0 Å². The van der Waals surface area contributed by atoms with Crippen LogP contribution in [0.25, 0.3) is 0 Å². The molecule has 2 aromatic carbocycles. The number of rotatable bonds is 5. The molecule has 0 aliphatic heterocycles. The van der Waals surface area contributed by atoms with E-state index in [2.05, 4.69) is 43.3 Å². The quantitative estimate of drug-likeness (QED) is 0.888. The lowest BCUT2D eigenvalue weighted by atomic mass is 10.1. The first-order valence-electron chi connectivity index (χ1n) is 6.66. The summed E-state index contributed by atoms with van der Waals surface area (Å²) >= 11 is 0. The summed E-state index contributed by atoms with van der Waals surface area (Å²) in [4.78, 5) is 0. The number of hydrogen-bond acceptors (Lipinski definition) is 2. The van der Waals surface area contributed by atoms with Crippen LogP contribution in [-0.4, -0.2) is 6.04 Å². The maximum Gasteiger partial charge on any atom is 0.120 e. The molecule has 100 valence electrons. The molecule has 2 aromatic rings. The minimum Gasteiger partial charge on any atom is -0.489 e. The fraction of sp³-hybridized carbons (Fsp3) is 0.294. The number of ether oxygens (including phenoxy) is 1. The van der Waals surface area contributed by atoms with Crippen molar-refractivity contribution >= 4 is 0 Å². The van der Waals surface area contributed by atoms with Crippen molar-refractivity contribution in [3.63, 3.8) is 0 Å². The van der Waals surface area contributed by atoms with Crippen LogP contribution in [0.1, 0.15) is 23.6 Å². The Labute approximate surface area is 115 Å². The highest BCUT2D eigenvalue weighted by atomic mass is 16.5. The van der Waals surface area contributed by atoms with Gasteiger partial charge in [0.1, 0.15) is 12.4 Å². The molecular formula is C17H21NO. The Bertz CT molecular complexity index is 517. The predicted octanol–water partition coefficient (Wildman–Crippen LogP) is 3.46. The van der Waals surface area contributed by atoms with E-state index in [0.717, 1.165) is 12.2 Å². The summed E-state index contributed by atoms with van der Waals surface area (Å²) in [5.41, 5.74) is 9.48. The third-order valence-corrected chi connectivity index (χ3v) is 2.98. The van der Waals surface area contributed by atoms with E-state index in [4.69, 9.17) is 10.5 Å². The summed E-state index contributed by atoms with van der Waals surface area (Å²) in [6.45, 7) is 4.70. The SMILES string of the molecule is Cc1ccc(COc2cccc(CC(C)N)c2)cc1. The lowest BCUT2D eigenvalue weighted by molar-refractivity contribution is 0.306. The van der Waals surface area contributed by atoms with Crippen LogP contribution < -0.4 is 10.5 Å². The summed E-state index contributed by atoms with van der Waals surface area (Å²) in [6.07, 6.45) is 0.877. The second-order valence-electron chi connectivity index (χ2n) is 5.10. The van der Waals surface area contributed by atoms with Crippen molar-refractivity contribution < 1.29 is 4.74 Å². The summed E-state index contributed by atoms with van der Waals surface area (Å²) < 4.78 is 5.81. The van der Waals surface area contributed by atoms with Gasteiger partial charge in [0.05, 0.1) is 0 Å². The Kier molecular flexibility index (Phi) is 4.58. The Hall–Kier alpha value is -1.80. The number of hydrogen-bond donors (Lipinski definition) is 1. The molecule has 1 atom stereocenters. The van der Waals surface area contributed by atoms with E-state index in [1.165, 1.54) is 16.7 Å². The topological polar surface area (TPSA) is 35.2 Å². The first-order valence-corrected chi connectivity index (χ1v) is 6.66. The lowest BCUT2D eigenvalue weighted by Crippen LogP contribution is -2.17. The van der Waals surface area contributed by atoms with Crippen molar-refractivity contribution in [3.8, 4) is 5.75 Å². The minimum absolute atomic E-state index is 0.173. The average molecular weight is 255 g/mol. The first kappa shape index (κ1) is 13.6. The molecule has 0 spiro atoms. The van der Waals surface area contributed by atoms with Gasteiger partial charge in [0, 0.05) is 6.04 Å². The van der Waals surface area contributed by atoms with Gasteiger partial charge in [-0.25, -0.2) is 0 Å². The molecule has 0 aromatic heterocycles. The summed E-state index contributed by atoms with van der Waals surface area (Å²) in [7, 11) is 0. The Morgan fingerprint density at radius 1 is 1.05 bits per heavy atom. The number of nitrogens with two attached hydrogens (primary N) is 1. The maximum absolute atomic E-state index is 5.81. The van der Waals surface area contributed by atoms with Crippen molar-refractivity contribution in [2.45, 2.75) is 32.9 Å². The van der Waals surface area contributed by atoms with E-state index in [1.807, 2.05) is 19.1 Å². The molecule has 2 nitrogen and oxygen atoms in total. The van der Waals surface area contributed by atoms with Gasteiger partial charge in [-0.15, -0.1) is 0 Å². The van der Waals surface area contributed by atoms with Gasteiger partial charge in [-0.3, -0.25) is 0 Å². The summed E-state index contributed by atoms with van der Waals surface area (Å²) in [5, 5.41) is 0. The monoisotopic (exact) mass is 255 g/mol. The van der Waals surface area contributed by atoms with Gasteiger partial charge in [0.15, 0.2) is 0 Å². The molecule has 0 heterocycles. The van der Waals surface area contributed by atoms with Crippen LogP contribution in [0.5, 0.6) is 5.75 Å². The Balaban J connectivity index is 1.97. The highest BCUT2D eigenvalue weighted by Gasteiger charge is 2.01. The van der Waals surface area contributed by atoms with Crippen molar-refractivity contribution in [1.82, 2.24) is 0 Å². The molecule has 0 bridgehead atoms. The van der Waals surface area contributed by atoms with Crippen LogP contribution in [0.3, 0.4) is 0 Å². The normalized spacial score (nSPS) is 12.2. The fourth-order valence-corrected chi connectivity index (χ4v) is 1.99. The molecule has 0 aliphatic rings. The van der Waals surface area contributed by atoms with E-state index >= 15 is 0 Å². The molecule has 0 aliphatic carbocycles. The van der Waals surface area contributed by atoms with E-state index in [0.29, 0.717) is 6.61 Å². The van der Waals surface area contributed by atoms with E-state index in [-0.39, 0.29) is 6.04 Å². The lowest BCUT2D eigenvalue weighted by Gasteiger charge is -2.09. The van der Waals surface area contributed by atoms with Gasteiger partial charge < -0.3 is 10.5 Å². The largest absolute Gasteiger partial charge is 0.489 e. The van der Waals surface area contributed by atoms with E-state index in [9.17, 15) is 0 Å². The molecule has 2 N–H and O–H groups in total. The zero-order valence-corrected chi connectivity index (χ0v) is 11.6. The van der Waals surface area contributed by atoms with Gasteiger partial charge in [-0.1, -0.05) is 42.0 Å². The molecule has 2 rings (SSSR count). The van der Waals surface area contributed by atoms with Crippen LogP contribution in [0.15, 0.2) is 48.5 Å². The molecule has 2 heteroatoms. The third kappa shape index (κ3) is 4.42. The van der Waals surface area contributed by atoms with Crippen LogP contribution in [-0.2, 0) is 13.0 Å². The zero-order chi connectivity index (χ0) is 13.7. The summed E-state index contributed by atoms with van der Waals surface area (Å²) in [6, 6.07) is 16.7. The molecule has 0 saturated heterocycles. The summed E-state index contributed by atoms with van der Waals surface area (Å²) in [5.74, 6) is 0.902. The third-order valence-electron chi connectivity index (χ3n) is 2.98. The van der Waals surface area contributed by atoms with Crippen molar-refractivity contribution in [2.24, 2.45) is 5.73 Å². The van der Waals surface area contributed by atoms with Gasteiger partial charge in [0.2, 0.25) is 0 Å². The smallest absolute Gasteiger partial charge is 0.120 e. The molecule has 0 fully saturated rings. The minimum atomic E-state index is 0.173. The average Bonchev–Trinajstić information content (AvgIpc) is 2.38. The second-order valence-corrected chi connectivity index (χ2v) is 5.10. The second kappa shape index (κ2) is 6.39. The highest BCUT2D eigenvalue weighted by molar-refractivity contribution is 5.29. The van der Waals surface area contributed by atoms with Gasteiger partial charge in [-0.2, -0.15) is 0 Å². The standard InChI is InChI=1S/C17H21NO/c1-13-6-8-15(9-7-13)12-19-17-5-3-4-16(11-17)10-14(2)18/h3-9,11,14H,10,12,18H2,1-2H3. The molecular weight excluding hydrogens is 234 g/mol. The number of aryl methyl sites for hydroxylation is 1. The van der Waals surface area contributed by atoms with Crippen molar-refractivity contribution in [1.29, 1.82) is 0 Å². The Morgan fingerprint density at radius 3 is 2.47 bits per heavy atom. The van der Waals surface area contributed by atoms with Crippen molar-refractivity contribution in [2.75, 3.05) is 0 Å². The van der Waals surface area contributed by atoms with E-state index in [1.54, 1.807) is 0 Å². The number of benzene rings is 2. The van der Waals surface area contributed by atoms with Gasteiger partial charge in [0.25, 0.3) is 0 Å². The van der Waals surface area contributed by atoms with Gasteiger partial charge >= 0.3 is 0 Å². The molecule has 0 amide bonds. The zero-order valence-electron chi connectivity index (χ0n) is 11.6. The van der Waals surface area contributed by atoms with Crippen LogP contribution >= 0.6 is 0 Å². The van der Waals surface area contributed by atoms with Crippen LogP contribution in [0, 0.1) is 6.92 Å². The highest BCUT2D eigenvalue weighted by Crippen LogP contribution is 2.16. The molecule has 0 radical (unpaired) electrons. The Morgan fingerprint density at radius 2 is 1.79 bits per heavy atom. The fourth-order valence-electron chi connectivity index (χ4n) is 1.99. The molecule has 0 saturated carbocycles. The van der Waals surface area contributed by atoms with Gasteiger partial charge in [-0.05, 0) is 43.5 Å².